The second-order valence-corrected chi connectivity index (χ2v) is 13.2. The molecule has 0 heterocycles. The molecule has 10 heteroatoms. The van der Waals surface area contributed by atoms with Crippen molar-refractivity contribution in [1.29, 1.82) is 0 Å². The predicted octanol–water partition coefficient (Wildman–Crippen LogP) is 5.56. The highest BCUT2D eigenvalue weighted by atomic mass is 32.2. The van der Waals surface area contributed by atoms with Crippen LogP contribution in [0.2, 0.25) is 0 Å². The fraction of sp³-hybridized carbons (Fsp3) is 0.167. The number of aryl methyl sites for hydroxylation is 4. The van der Waals surface area contributed by atoms with Gasteiger partial charge in [0, 0.05) is 5.69 Å². The van der Waals surface area contributed by atoms with Gasteiger partial charge in [-0.1, -0.05) is 42.5 Å². The maximum Gasteiger partial charge on any atom is 0.264 e. The van der Waals surface area contributed by atoms with Gasteiger partial charge in [-0.05, 0) is 98.5 Å². The van der Waals surface area contributed by atoms with Crippen molar-refractivity contribution in [2.75, 3.05) is 20.9 Å². The van der Waals surface area contributed by atoms with Gasteiger partial charge in [-0.25, -0.2) is 16.8 Å². The number of nitrogens with zero attached hydrogens (tertiary/aromatic N) is 1. The van der Waals surface area contributed by atoms with Crippen molar-refractivity contribution in [3.05, 3.63) is 113 Å². The summed E-state index contributed by atoms with van der Waals surface area (Å²) in [4.78, 5) is 13.2. The van der Waals surface area contributed by atoms with E-state index in [-0.39, 0.29) is 9.79 Å². The van der Waals surface area contributed by atoms with Crippen molar-refractivity contribution in [2.45, 2.75) is 37.5 Å². The van der Waals surface area contributed by atoms with Crippen molar-refractivity contribution in [1.82, 2.24) is 0 Å². The van der Waals surface area contributed by atoms with Crippen LogP contribution in [-0.2, 0) is 24.8 Å². The van der Waals surface area contributed by atoms with E-state index < -0.39 is 32.5 Å². The highest BCUT2D eigenvalue weighted by molar-refractivity contribution is 7.93. The summed E-state index contributed by atoms with van der Waals surface area (Å²) in [5.74, 6) is -0.581. The highest BCUT2D eigenvalue weighted by Gasteiger charge is 2.27. The molecule has 0 aliphatic rings. The zero-order chi connectivity index (χ0) is 29.1. The number of carbonyl (C=O) groups is 1. The number of sulfonamides is 2. The van der Waals surface area contributed by atoms with Gasteiger partial charge in [0.05, 0.1) is 21.2 Å². The SMILES string of the molecule is Cc1cc(C)cc(N(CC(=O)Nc2ccc(S(=O)(=O)Nc3c(C)cccc3C)cc2)S(=O)(=O)c2ccccc2)c1. The zero-order valence-electron chi connectivity index (χ0n) is 22.7. The van der Waals surface area contributed by atoms with E-state index in [0.29, 0.717) is 17.1 Å². The zero-order valence-corrected chi connectivity index (χ0v) is 24.3. The molecule has 208 valence electrons. The van der Waals surface area contributed by atoms with E-state index in [1.54, 1.807) is 30.3 Å². The van der Waals surface area contributed by atoms with Crippen LogP contribution in [0.1, 0.15) is 22.3 Å². The van der Waals surface area contributed by atoms with E-state index >= 15 is 0 Å². The standard InChI is InChI=1S/C30H31N3O5S2/c1-21-17-22(2)19-26(18-21)33(40(37,38)28-11-6-5-7-12-28)20-29(34)31-25-13-15-27(16-14-25)39(35,36)32-30-23(3)9-8-10-24(30)4/h5-19,32H,20H2,1-4H3,(H,31,34). The van der Waals surface area contributed by atoms with Gasteiger partial charge in [0.25, 0.3) is 20.0 Å². The van der Waals surface area contributed by atoms with Crippen LogP contribution >= 0.6 is 0 Å². The first-order valence-electron chi connectivity index (χ1n) is 12.5. The normalized spacial score (nSPS) is 11.6. The second kappa shape index (κ2) is 11.5. The lowest BCUT2D eigenvalue weighted by molar-refractivity contribution is -0.114. The summed E-state index contributed by atoms with van der Waals surface area (Å²) < 4.78 is 56.8. The smallest absolute Gasteiger partial charge is 0.264 e. The van der Waals surface area contributed by atoms with Gasteiger partial charge in [0.1, 0.15) is 6.54 Å². The first kappa shape index (κ1) is 28.8. The van der Waals surface area contributed by atoms with Crippen LogP contribution < -0.4 is 14.3 Å². The van der Waals surface area contributed by atoms with Gasteiger partial charge in [-0.2, -0.15) is 0 Å². The number of hydrogen-bond donors (Lipinski definition) is 2. The van der Waals surface area contributed by atoms with E-state index in [4.69, 9.17) is 0 Å². The molecule has 0 aliphatic heterocycles. The summed E-state index contributed by atoms with van der Waals surface area (Å²) in [6.45, 7) is 6.88. The minimum absolute atomic E-state index is 0.0247. The number of anilines is 3. The summed E-state index contributed by atoms with van der Waals surface area (Å²) >= 11 is 0. The van der Waals surface area contributed by atoms with Crippen molar-refractivity contribution < 1.29 is 21.6 Å². The van der Waals surface area contributed by atoms with Gasteiger partial charge in [-0.3, -0.25) is 13.8 Å². The van der Waals surface area contributed by atoms with Crippen molar-refractivity contribution in [2.24, 2.45) is 0 Å². The molecule has 4 aromatic rings. The van der Waals surface area contributed by atoms with E-state index in [2.05, 4.69) is 10.0 Å². The van der Waals surface area contributed by atoms with Crippen LogP contribution in [0.3, 0.4) is 0 Å². The van der Waals surface area contributed by atoms with Gasteiger partial charge < -0.3 is 5.32 Å². The number of nitrogens with one attached hydrogen (secondary N) is 2. The Morgan fingerprint density at radius 2 is 1.27 bits per heavy atom. The molecule has 0 aromatic heterocycles. The van der Waals surface area contributed by atoms with Crippen LogP contribution in [0.5, 0.6) is 0 Å². The van der Waals surface area contributed by atoms with E-state index in [1.807, 2.05) is 52.0 Å². The third-order valence-electron chi connectivity index (χ3n) is 6.28. The van der Waals surface area contributed by atoms with Crippen LogP contribution in [0, 0.1) is 27.7 Å². The highest BCUT2D eigenvalue weighted by Crippen LogP contribution is 2.27. The molecule has 0 spiro atoms. The van der Waals surface area contributed by atoms with Crippen LogP contribution in [0.25, 0.3) is 0 Å². The van der Waals surface area contributed by atoms with Crippen molar-refractivity contribution >= 4 is 43.0 Å². The number of carbonyl (C=O) groups excluding carboxylic acids is 1. The molecule has 4 aromatic carbocycles. The summed E-state index contributed by atoms with van der Waals surface area (Å²) in [6.07, 6.45) is 0. The van der Waals surface area contributed by atoms with Crippen molar-refractivity contribution in [3.8, 4) is 0 Å². The molecule has 40 heavy (non-hydrogen) atoms. The summed E-state index contributed by atoms with van der Waals surface area (Å²) in [5.41, 5.74) is 4.53. The van der Waals surface area contributed by atoms with E-state index in [1.165, 1.54) is 36.4 Å². The van der Waals surface area contributed by atoms with Crippen LogP contribution in [-0.4, -0.2) is 29.3 Å². The molecule has 0 saturated carbocycles. The molecule has 0 fully saturated rings. The maximum atomic E-state index is 13.6. The van der Waals surface area contributed by atoms with Crippen LogP contribution in [0.15, 0.2) is 101 Å². The Morgan fingerprint density at radius 3 is 1.85 bits per heavy atom. The molecular formula is C30H31N3O5S2. The Balaban J connectivity index is 1.56. The largest absolute Gasteiger partial charge is 0.325 e. The molecule has 0 saturated heterocycles. The number of para-hydroxylation sites is 1. The Bertz CT molecular complexity index is 1710. The molecule has 0 unspecified atom stereocenters. The monoisotopic (exact) mass is 577 g/mol. The lowest BCUT2D eigenvalue weighted by atomic mass is 10.1. The number of hydrogen-bond acceptors (Lipinski definition) is 5. The third kappa shape index (κ3) is 6.52. The fourth-order valence-corrected chi connectivity index (χ4v) is 6.98. The molecule has 0 aliphatic carbocycles. The molecule has 0 atom stereocenters. The van der Waals surface area contributed by atoms with Crippen molar-refractivity contribution in [3.63, 3.8) is 0 Å². The Hall–Kier alpha value is -4.15. The Kier molecular flexibility index (Phi) is 8.32. The summed E-state index contributed by atoms with van der Waals surface area (Å²) in [6, 6.07) is 24.5. The van der Waals surface area contributed by atoms with E-state index in [9.17, 15) is 21.6 Å². The van der Waals surface area contributed by atoms with Gasteiger partial charge in [0.15, 0.2) is 0 Å². The van der Waals surface area contributed by atoms with E-state index in [0.717, 1.165) is 26.6 Å². The number of benzene rings is 4. The predicted molar refractivity (Wildman–Crippen MR) is 159 cm³/mol. The molecule has 0 radical (unpaired) electrons. The van der Waals surface area contributed by atoms with Crippen LogP contribution in [0.4, 0.5) is 17.1 Å². The average molecular weight is 578 g/mol. The Morgan fingerprint density at radius 1 is 0.700 bits per heavy atom. The molecule has 2 N–H and O–H groups in total. The van der Waals surface area contributed by atoms with Gasteiger partial charge in [-0.15, -0.1) is 0 Å². The first-order chi connectivity index (χ1) is 18.9. The Labute approximate surface area is 235 Å². The topological polar surface area (TPSA) is 113 Å². The molecule has 8 nitrogen and oxygen atoms in total. The average Bonchev–Trinajstić information content (AvgIpc) is 2.90. The summed E-state index contributed by atoms with van der Waals surface area (Å²) in [5, 5.41) is 2.68. The lowest BCUT2D eigenvalue weighted by Crippen LogP contribution is -2.38. The lowest BCUT2D eigenvalue weighted by Gasteiger charge is -2.25. The van der Waals surface area contributed by atoms with Gasteiger partial charge in [0.2, 0.25) is 5.91 Å². The molecule has 1 amide bonds. The number of rotatable bonds is 9. The molecular weight excluding hydrogens is 546 g/mol. The second-order valence-electron chi connectivity index (χ2n) is 9.62. The quantitative estimate of drug-likeness (QED) is 0.271. The maximum absolute atomic E-state index is 13.6. The summed E-state index contributed by atoms with van der Waals surface area (Å²) in [7, 11) is -7.92. The molecule has 4 rings (SSSR count). The first-order valence-corrected chi connectivity index (χ1v) is 15.4. The minimum atomic E-state index is -4.05. The minimum Gasteiger partial charge on any atom is -0.325 e. The third-order valence-corrected chi connectivity index (χ3v) is 9.43. The fourth-order valence-electron chi connectivity index (χ4n) is 4.35. The molecule has 0 bridgehead atoms. The van der Waals surface area contributed by atoms with Gasteiger partial charge >= 0.3 is 0 Å². The number of amides is 1.